The molecule has 108 valence electrons. The highest BCUT2D eigenvalue weighted by Crippen LogP contribution is 2.27. The molecular formula is C15H15N3OS2. The van der Waals surface area contributed by atoms with Crippen LogP contribution in [0.4, 0.5) is 0 Å². The van der Waals surface area contributed by atoms with E-state index < -0.39 is 0 Å². The minimum absolute atomic E-state index is 0.0528. The van der Waals surface area contributed by atoms with E-state index in [-0.39, 0.29) is 11.8 Å². The van der Waals surface area contributed by atoms with Crippen molar-refractivity contribution in [3.8, 4) is 0 Å². The highest BCUT2D eigenvalue weighted by molar-refractivity contribution is 7.18. The third-order valence-corrected chi connectivity index (χ3v) is 5.45. The summed E-state index contributed by atoms with van der Waals surface area (Å²) in [6.07, 6.45) is 0. The summed E-state index contributed by atoms with van der Waals surface area (Å²) in [5.41, 5.74) is 3.50. The quantitative estimate of drug-likeness (QED) is 0.800. The Morgan fingerprint density at radius 1 is 1.38 bits per heavy atom. The van der Waals surface area contributed by atoms with Gasteiger partial charge >= 0.3 is 0 Å². The molecule has 0 fully saturated rings. The fourth-order valence-corrected chi connectivity index (χ4v) is 3.77. The van der Waals surface area contributed by atoms with Crippen LogP contribution in [-0.4, -0.2) is 22.4 Å². The van der Waals surface area contributed by atoms with Crippen molar-refractivity contribution in [1.29, 1.82) is 0 Å². The van der Waals surface area contributed by atoms with Crippen LogP contribution in [-0.2, 0) is 0 Å². The van der Waals surface area contributed by atoms with Gasteiger partial charge in [-0.25, -0.2) is 9.97 Å². The molecule has 1 amide bonds. The lowest BCUT2D eigenvalue weighted by Crippen LogP contribution is -2.27. The molecular weight excluding hydrogens is 302 g/mol. The number of benzene rings is 1. The van der Waals surface area contributed by atoms with Gasteiger partial charge in [0.2, 0.25) is 0 Å². The average molecular weight is 317 g/mol. The number of nitrogens with zero attached hydrogens (tertiary/aromatic N) is 2. The molecule has 4 nitrogen and oxygen atoms in total. The summed E-state index contributed by atoms with van der Waals surface area (Å²) in [7, 11) is 0. The Balaban J connectivity index is 1.67. The summed E-state index contributed by atoms with van der Waals surface area (Å²) < 4.78 is 1.18. The zero-order valence-corrected chi connectivity index (χ0v) is 13.4. The van der Waals surface area contributed by atoms with Crippen molar-refractivity contribution in [3.63, 3.8) is 0 Å². The van der Waals surface area contributed by atoms with Crippen LogP contribution in [0, 0.1) is 6.92 Å². The van der Waals surface area contributed by atoms with Crippen LogP contribution in [0.2, 0.25) is 0 Å². The average Bonchev–Trinajstić information content (AvgIpc) is 3.10. The summed E-state index contributed by atoms with van der Waals surface area (Å²) >= 11 is 3.06. The highest BCUT2D eigenvalue weighted by atomic mass is 32.1. The third kappa shape index (κ3) is 2.96. The Hall–Kier alpha value is -1.79. The van der Waals surface area contributed by atoms with Crippen LogP contribution in [0.1, 0.15) is 33.2 Å². The monoisotopic (exact) mass is 317 g/mol. The largest absolute Gasteiger partial charge is 0.351 e. The number of para-hydroxylation sites is 1. The molecule has 0 saturated heterocycles. The molecule has 3 aromatic rings. The van der Waals surface area contributed by atoms with E-state index >= 15 is 0 Å². The smallest absolute Gasteiger partial charge is 0.263 e. The van der Waals surface area contributed by atoms with Gasteiger partial charge in [0, 0.05) is 12.5 Å². The number of carbonyl (C=O) groups is 1. The van der Waals surface area contributed by atoms with E-state index in [2.05, 4.69) is 28.3 Å². The first-order valence-corrected chi connectivity index (χ1v) is 8.38. The number of carbonyl (C=O) groups excluding carboxylic acids is 1. The molecule has 1 unspecified atom stereocenters. The van der Waals surface area contributed by atoms with E-state index in [1.54, 1.807) is 16.8 Å². The molecule has 1 aromatic carbocycles. The first kappa shape index (κ1) is 14.2. The predicted molar refractivity (Wildman–Crippen MR) is 87.2 cm³/mol. The zero-order valence-electron chi connectivity index (χ0n) is 11.8. The molecule has 0 aliphatic heterocycles. The van der Waals surface area contributed by atoms with Crippen molar-refractivity contribution in [2.24, 2.45) is 0 Å². The van der Waals surface area contributed by atoms with Crippen LogP contribution in [0.5, 0.6) is 0 Å². The molecule has 0 bridgehead atoms. The number of rotatable bonds is 4. The molecule has 0 aliphatic carbocycles. The Labute approximate surface area is 130 Å². The summed E-state index contributed by atoms with van der Waals surface area (Å²) in [5.74, 6) is 0.141. The summed E-state index contributed by atoms with van der Waals surface area (Å²) in [6.45, 7) is 4.51. The van der Waals surface area contributed by atoms with Crippen LogP contribution in [0.25, 0.3) is 10.2 Å². The van der Waals surface area contributed by atoms with Gasteiger partial charge in [0.1, 0.15) is 4.88 Å². The van der Waals surface area contributed by atoms with Crippen molar-refractivity contribution in [2.45, 2.75) is 19.8 Å². The molecule has 3 rings (SSSR count). The lowest BCUT2D eigenvalue weighted by Gasteiger charge is -2.09. The van der Waals surface area contributed by atoms with Crippen LogP contribution in [0.15, 0.2) is 29.8 Å². The lowest BCUT2D eigenvalue weighted by atomic mass is 10.2. The number of amides is 1. The van der Waals surface area contributed by atoms with Crippen LogP contribution < -0.4 is 5.32 Å². The molecule has 1 atom stereocenters. The maximum absolute atomic E-state index is 12.1. The van der Waals surface area contributed by atoms with Crippen molar-refractivity contribution < 1.29 is 4.79 Å². The van der Waals surface area contributed by atoms with Crippen LogP contribution in [0.3, 0.4) is 0 Å². The number of aromatic nitrogens is 2. The summed E-state index contributed by atoms with van der Waals surface area (Å²) in [6, 6.07) is 8.10. The number of thiazole rings is 2. The Morgan fingerprint density at radius 3 is 2.90 bits per heavy atom. The van der Waals surface area contributed by atoms with Gasteiger partial charge in [-0.15, -0.1) is 22.7 Å². The van der Waals surface area contributed by atoms with Crippen molar-refractivity contribution >= 4 is 38.8 Å². The number of aryl methyl sites for hydroxylation is 1. The normalized spacial score (nSPS) is 12.5. The highest BCUT2D eigenvalue weighted by Gasteiger charge is 2.15. The topological polar surface area (TPSA) is 54.9 Å². The number of hydrogen-bond donors (Lipinski definition) is 1. The Bertz CT molecular complexity index is 745. The second kappa shape index (κ2) is 5.91. The van der Waals surface area contributed by atoms with Crippen molar-refractivity contribution in [3.05, 3.63) is 45.4 Å². The maximum Gasteiger partial charge on any atom is 0.263 e. The van der Waals surface area contributed by atoms with Crippen molar-refractivity contribution in [2.75, 3.05) is 6.54 Å². The van der Waals surface area contributed by atoms with Crippen molar-refractivity contribution in [1.82, 2.24) is 15.3 Å². The number of hydrogen-bond acceptors (Lipinski definition) is 5. The zero-order chi connectivity index (χ0) is 14.8. The first-order valence-electron chi connectivity index (χ1n) is 6.69. The van der Waals surface area contributed by atoms with E-state index in [4.69, 9.17) is 0 Å². The van der Waals surface area contributed by atoms with Gasteiger partial charge in [-0.1, -0.05) is 19.1 Å². The van der Waals surface area contributed by atoms with Crippen LogP contribution >= 0.6 is 22.7 Å². The molecule has 1 N–H and O–H groups in total. The van der Waals surface area contributed by atoms with Gasteiger partial charge in [-0.05, 0) is 19.1 Å². The Morgan fingerprint density at radius 2 is 2.19 bits per heavy atom. The van der Waals surface area contributed by atoms with Gasteiger partial charge in [-0.2, -0.15) is 0 Å². The van der Waals surface area contributed by atoms with E-state index in [1.165, 1.54) is 16.0 Å². The fraction of sp³-hybridized carbons (Fsp3) is 0.267. The SMILES string of the molecule is Cc1ncsc1C(=O)NCC(C)c1nc2ccccc2s1. The number of nitrogens with one attached hydrogen (secondary N) is 1. The summed E-state index contributed by atoms with van der Waals surface area (Å²) in [4.78, 5) is 21.5. The molecule has 21 heavy (non-hydrogen) atoms. The summed E-state index contributed by atoms with van der Waals surface area (Å²) in [5, 5.41) is 4.02. The molecule has 2 heterocycles. The third-order valence-electron chi connectivity index (χ3n) is 3.25. The molecule has 6 heteroatoms. The number of fused-ring (bicyclic) bond motifs is 1. The lowest BCUT2D eigenvalue weighted by molar-refractivity contribution is 0.0955. The van der Waals surface area contributed by atoms with Gasteiger partial charge in [-0.3, -0.25) is 4.79 Å². The molecule has 0 spiro atoms. The van der Waals surface area contributed by atoms with Gasteiger partial charge in [0.15, 0.2) is 0 Å². The molecule has 0 radical (unpaired) electrons. The van der Waals surface area contributed by atoms with Gasteiger partial charge < -0.3 is 5.32 Å². The van der Waals surface area contributed by atoms with Gasteiger partial charge in [0.25, 0.3) is 5.91 Å². The van der Waals surface area contributed by atoms with E-state index in [0.717, 1.165) is 16.2 Å². The second-order valence-corrected chi connectivity index (χ2v) is 6.81. The van der Waals surface area contributed by atoms with E-state index in [9.17, 15) is 4.79 Å². The predicted octanol–water partition coefficient (Wildman–Crippen LogP) is 3.59. The first-order chi connectivity index (χ1) is 10.1. The van der Waals surface area contributed by atoms with E-state index in [0.29, 0.717) is 11.4 Å². The van der Waals surface area contributed by atoms with Gasteiger partial charge in [0.05, 0.1) is 26.4 Å². The minimum atomic E-state index is -0.0528. The second-order valence-electron chi connectivity index (χ2n) is 4.90. The minimum Gasteiger partial charge on any atom is -0.351 e. The van der Waals surface area contributed by atoms with E-state index in [1.807, 2.05) is 25.1 Å². The molecule has 0 saturated carbocycles. The molecule has 2 aromatic heterocycles. The standard InChI is InChI=1S/C15H15N3OS2/c1-9(7-16-14(19)13-10(2)17-8-20-13)15-18-11-5-3-4-6-12(11)21-15/h3-6,8-9H,7H2,1-2H3,(H,16,19). The Kier molecular flexibility index (Phi) is 3.98. The fourth-order valence-electron chi connectivity index (χ4n) is 2.03. The maximum atomic E-state index is 12.1. The molecule has 0 aliphatic rings.